The first-order valence-electron chi connectivity index (χ1n) is 6.03. The van der Waals surface area contributed by atoms with Crippen molar-refractivity contribution in [3.8, 4) is 5.75 Å². The molecule has 7 heteroatoms. The number of rotatable bonds is 5. The number of hydrogen-bond acceptors (Lipinski definition) is 4. The standard InChI is InChI=1S/C13H15ClN4O2/c1-15-13(20)8-18-7-9(5-17-18)16-6-10-11(14)3-2-4-12(10)19/h2-5,7,16,19H,6,8H2,1H3,(H,15,20). The lowest BCUT2D eigenvalue weighted by molar-refractivity contribution is -0.121. The number of anilines is 1. The van der Waals surface area contributed by atoms with Crippen molar-refractivity contribution in [1.82, 2.24) is 15.1 Å². The monoisotopic (exact) mass is 294 g/mol. The summed E-state index contributed by atoms with van der Waals surface area (Å²) in [4.78, 5) is 11.2. The van der Waals surface area contributed by atoms with Gasteiger partial charge in [0.25, 0.3) is 0 Å². The van der Waals surface area contributed by atoms with Crippen molar-refractivity contribution in [3.05, 3.63) is 41.2 Å². The predicted octanol–water partition coefficient (Wildman–Crippen LogP) is 1.60. The van der Waals surface area contributed by atoms with Crippen LogP contribution < -0.4 is 10.6 Å². The molecule has 0 aliphatic rings. The van der Waals surface area contributed by atoms with E-state index in [1.54, 1.807) is 37.6 Å². The first-order chi connectivity index (χ1) is 9.60. The van der Waals surface area contributed by atoms with Crippen LogP contribution in [0.15, 0.2) is 30.6 Å². The number of phenols is 1. The molecule has 20 heavy (non-hydrogen) atoms. The number of likely N-dealkylation sites (N-methyl/N-ethyl adjacent to an activating group) is 1. The average Bonchev–Trinajstić information content (AvgIpc) is 2.85. The zero-order chi connectivity index (χ0) is 14.5. The minimum atomic E-state index is -0.122. The van der Waals surface area contributed by atoms with Crippen LogP contribution in [0.5, 0.6) is 5.75 Å². The number of nitrogens with one attached hydrogen (secondary N) is 2. The third-order valence-corrected chi connectivity index (χ3v) is 3.14. The molecule has 2 rings (SSSR count). The molecular weight excluding hydrogens is 280 g/mol. The van der Waals surface area contributed by atoms with Crippen molar-refractivity contribution < 1.29 is 9.90 Å². The number of carbonyl (C=O) groups is 1. The largest absolute Gasteiger partial charge is 0.508 e. The second-order valence-electron chi connectivity index (χ2n) is 4.19. The van der Waals surface area contributed by atoms with Crippen LogP contribution in [0.1, 0.15) is 5.56 Å². The molecule has 6 nitrogen and oxygen atoms in total. The zero-order valence-electron chi connectivity index (χ0n) is 10.9. The number of aromatic hydroxyl groups is 1. The molecule has 2 aromatic rings. The fraction of sp³-hybridized carbons (Fsp3) is 0.231. The van der Waals surface area contributed by atoms with E-state index in [2.05, 4.69) is 15.7 Å². The number of carbonyl (C=O) groups excluding carboxylic acids is 1. The molecule has 0 aliphatic carbocycles. The Morgan fingerprint density at radius 2 is 2.30 bits per heavy atom. The number of amides is 1. The maximum atomic E-state index is 11.2. The van der Waals surface area contributed by atoms with Crippen molar-refractivity contribution >= 4 is 23.2 Å². The van der Waals surface area contributed by atoms with Crippen molar-refractivity contribution in [2.45, 2.75) is 13.1 Å². The molecule has 0 unspecified atom stereocenters. The molecule has 1 amide bonds. The van der Waals surface area contributed by atoms with Crippen LogP contribution in [0.25, 0.3) is 0 Å². The third kappa shape index (κ3) is 3.42. The third-order valence-electron chi connectivity index (χ3n) is 2.78. The lowest BCUT2D eigenvalue weighted by Gasteiger charge is -2.07. The van der Waals surface area contributed by atoms with Crippen LogP contribution in [0.2, 0.25) is 5.02 Å². The summed E-state index contributed by atoms with van der Waals surface area (Å²) >= 11 is 6.01. The Morgan fingerprint density at radius 1 is 1.50 bits per heavy atom. The molecule has 0 spiro atoms. The molecule has 0 saturated carbocycles. The fourth-order valence-electron chi connectivity index (χ4n) is 1.68. The number of benzene rings is 1. The van der Waals surface area contributed by atoms with Gasteiger partial charge < -0.3 is 15.7 Å². The molecule has 0 bridgehead atoms. The highest BCUT2D eigenvalue weighted by Gasteiger charge is 2.07. The minimum Gasteiger partial charge on any atom is -0.508 e. The summed E-state index contributed by atoms with van der Waals surface area (Å²) in [6, 6.07) is 4.98. The second-order valence-corrected chi connectivity index (χ2v) is 4.60. The van der Waals surface area contributed by atoms with Crippen molar-refractivity contribution in [1.29, 1.82) is 0 Å². The second kappa shape index (κ2) is 6.29. The molecular formula is C13H15ClN4O2. The van der Waals surface area contributed by atoms with E-state index in [4.69, 9.17) is 11.6 Å². The van der Waals surface area contributed by atoms with Gasteiger partial charge in [-0.15, -0.1) is 0 Å². The Labute approximate surface area is 121 Å². The zero-order valence-corrected chi connectivity index (χ0v) is 11.7. The van der Waals surface area contributed by atoms with Gasteiger partial charge >= 0.3 is 0 Å². The van der Waals surface area contributed by atoms with E-state index < -0.39 is 0 Å². The summed E-state index contributed by atoms with van der Waals surface area (Å²) in [5.41, 5.74) is 1.36. The Bertz CT molecular complexity index is 592. The highest BCUT2D eigenvalue weighted by Crippen LogP contribution is 2.25. The van der Waals surface area contributed by atoms with Gasteiger partial charge in [-0.3, -0.25) is 9.48 Å². The van der Waals surface area contributed by atoms with E-state index in [0.29, 0.717) is 17.1 Å². The summed E-state index contributed by atoms with van der Waals surface area (Å²) in [5, 5.41) is 19.9. The molecule has 0 saturated heterocycles. The normalized spacial score (nSPS) is 10.3. The summed E-state index contributed by atoms with van der Waals surface area (Å²) in [6.07, 6.45) is 3.32. The molecule has 0 aliphatic heterocycles. The first kappa shape index (κ1) is 14.2. The van der Waals surface area contributed by atoms with Gasteiger partial charge in [0.1, 0.15) is 12.3 Å². The maximum Gasteiger partial charge on any atom is 0.241 e. The lowest BCUT2D eigenvalue weighted by atomic mass is 10.2. The lowest BCUT2D eigenvalue weighted by Crippen LogP contribution is -2.23. The van der Waals surface area contributed by atoms with Gasteiger partial charge in [0.05, 0.1) is 11.9 Å². The summed E-state index contributed by atoms with van der Waals surface area (Å²) in [7, 11) is 1.57. The van der Waals surface area contributed by atoms with Gasteiger partial charge in [0.2, 0.25) is 5.91 Å². The molecule has 1 aromatic heterocycles. The van der Waals surface area contributed by atoms with Gasteiger partial charge in [-0.1, -0.05) is 17.7 Å². The average molecular weight is 295 g/mol. The molecule has 1 aromatic carbocycles. The van der Waals surface area contributed by atoms with E-state index in [1.165, 1.54) is 4.68 Å². The maximum absolute atomic E-state index is 11.2. The highest BCUT2D eigenvalue weighted by molar-refractivity contribution is 6.31. The van der Waals surface area contributed by atoms with E-state index in [1.807, 2.05) is 0 Å². The molecule has 106 valence electrons. The van der Waals surface area contributed by atoms with Gasteiger partial charge in [-0.2, -0.15) is 5.10 Å². The van der Waals surface area contributed by atoms with Crippen LogP contribution in [0.4, 0.5) is 5.69 Å². The Balaban J connectivity index is 1.99. The number of hydrogen-bond donors (Lipinski definition) is 3. The van der Waals surface area contributed by atoms with E-state index in [9.17, 15) is 9.90 Å². The van der Waals surface area contributed by atoms with Crippen LogP contribution in [-0.2, 0) is 17.9 Å². The van der Waals surface area contributed by atoms with E-state index in [-0.39, 0.29) is 18.2 Å². The van der Waals surface area contributed by atoms with Gasteiger partial charge in [0.15, 0.2) is 0 Å². The number of aromatic nitrogens is 2. The number of halogens is 1. The quantitative estimate of drug-likeness (QED) is 0.782. The fourth-order valence-corrected chi connectivity index (χ4v) is 1.92. The van der Waals surface area contributed by atoms with Crippen LogP contribution in [0.3, 0.4) is 0 Å². The first-order valence-corrected chi connectivity index (χ1v) is 6.41. The molecule has 1 heterocycles. The molecule has 3 N–H and O–H groups in total. The molecule has 0 radical (unpaired) electrons. The Hall–Kier alpha value is -2.21. The van der Waals surface area contributed by atoms with Crippen LogP contribution in [-0.4, -0.2) is 27.8 Å². The van der Waals surface area contributed by atoms with Gasteiger partial charge in [-0.25, -0.2) is 0 Å². The molecule has 0 fully saturated rings. The van der Waals surface area contributed by atoms with Crippen molar-refractivity contribution in [2.75, 3.05) is 12.4 Å². The van der Waals surface area contributed by atoms with E-state index in [0.717, 1.165) is 5.69 Å². The minimum absolute atomic E-state index is 0.122. The number of phenolic OH excluding ortho intramolecular Hbond substituents is 1. The van der Waals surface area contributed by atoms with Crippen molar-refractivity contribution in [2.24, 2.45) is 0 Å². The van der Waals surface area contributed by atoms with Crippen LogP contribution in [0, 0.1) is 0 Å². The van der Waals surface area contributed by atoms with Crippen LogP contribution >= 0.6 is 11.6 Å². The highest BCUT2D eigenvalue weighted by atomic mass is 35.5. The van der Waals surface area contributed by atoms with Gasteiger partial charge in [-0.05, 0) is 12.1 Å². The predicted molar refractivity (Wildman–Crippen MR) is 76.7 cm³/mol. The van der Waals surface area contributed by atoms with Gasteiger partial charge in [0, 0.05) is 30.4 Å². The van der Waals surface area contributed by atoms with Crippen molar-refractivity contribution in [3.63, 3.8) is 0 Å². The topological polar surface area (TPSA) is 79.2 Å². The smallest absolute Gasteiger partial charge is 0.241 e. The Morgan fingerprint density at radius 3 is 3.00 bits per heavy atom. The number of nitrogens with zero attached hydrogens (tertiary/aromatic N) is 2. The summed E-state index contributed by atoms with van der Waals surface area (Å²) < 4.78 is 1.52. The SMILES string of the molecule is CNC(=O)Cn1cc(NCc2c(O)cccc2Cl)cn1. The van der Waals surface area contributed by atoms with E-state index >= 15 is 0 Å². The summed E-state index contributed by atoms with van der Waals surface area (Å²) in [6.45, 7) is 0.534. The molecule has 0 atom stereocenters. The Kier molecular flexibility index (Phi) is 4.47. The summed E-state index contributed by atoms with van der Waals surface area (Å²) in [5.74, 6) is 0.0196.